The summed E-state index contributed by atoms with van der Waals surface area (Å²) in [6, 6.07) is 3.06. The highest BCUT2D eigenvalue weighted by Gasteiger charge is 2.26. The fraction of sp³-hybridized carbons (Fsp3) is 0.400. The molecule has 2 heterocycles. The van der Waals surface area contributed by atoms with Crippen molar-refractivity contribution in [3.63, 3.8) is 0 Å². The van der Waals surface area contributed by atoms with E-state index in [2.05, 4.69) is 0 Å². The van der Waals surface area contributed by atoms with Crippen molar-refractivity contribution in [2.75, 3.05) is 27.4 Å². The number of fused-ring (bicyclic) bond motifs is 1. The lowest BCUT2D eigenvalue weighted by Gasteiger charge is -2.16. The van der Waals surface area contributed by atoms with E-state index >= 15 is 0 Å². The van der Waals surface area contributed by atoms with E-state index in [0.717, 1.165) is 5.56 Å². The van der Waals surface area contributed by atoms with Gasteiger partial charge in [-0.25, -0.2) is 4.79 Å². The molecule has 1 aliphatic heterocycles. The van der Waals surface area contributed by atoms with E-state index < -0.39 is 5.63 Å². The van der Waals surface area contributed by atoms with E-state index in [0.29, 0.717) is 41.4 Å². The van der Waals surface area contributed by atoms with Crippen LogP contribution in [0.15, 0.2) is 21.3 Å². The molecule has 3 rings (SSSR count). The van der Waals surface area contributed by atoms with E-state index in [-0.39, 0.29) is 6.10 Å². The molecule has 0 saturated carbocycles. The van der Waals surface area contributed by atoms with Crippen molar-refractivity contribution in [3.8, 4) is 17.2 Å². The zero-order chi connectivity index (χ0) is 15.0. The van der Waals surface area contributed by atoms with E-state index in [9.17, 15) is 4.79 Å². The number of methoxy groups -OCH3 is 2. The Kier molecular flexibility index (Phi) is 3.47. The first kappa shape index (κ1) is 13.8. The van der Waals surface area contributed by atoms with E-state index in [1.807, 2.05) is 6.92 Å². The third-order valence-corrected chi connectivity index (χ3v) is 3.34. The first-order valence-electron chi connectivity index (χ1n) is 6.58. The molecule has 1 aromatic carbocycles. The van der Waals surface area contributed by atoms with Crippen LogP contribution in [-0.4, -0.2) is 33.5 Å². The van der Waals surface area contributed by atoms with Gasteiger partial charge in [0.1, 0.15) is 18.3 Å². The molecule has 1 atom stereocenters. The highest BCUT2D eigenvalue weighted by atomic mass is 16.6. The Morgan fingerprint density at radius 2 is 2.00 bits per heavy atom. The molecule has 2 aromatic rings. The summed E-state index contributed by atoms with van der Waals surface area (Å²) in [5, 5.41) is 0.699. The zero-order valence-corrected chi connectivity index (χ0v) is 12.1. The molecule has 1 unspecified atom stereocenters. The van der Waals surface area contributed by atoms with Crippen LogP contribution in [0.25, 0.3) is 11.0 Å². The molecule has 112 valence electrons. The minimum Gasteiger partial charge on any atom is -0.493 e. The number of epoxide rings is 1. The first-order chi connectivity index (χ1) is 10.1. The predicted octanol–water partition coefficient (Wildman–Crippen LogP) is 1.90. The Hall–Kier alpha value is -2.21. The van der Waals surface area contributed by atoms with Gasteiger partial charge in [0.25, 0.3) is 0 Å². The van der Waals surface area contributed by atoms with Gasteiger partial charge in [0.2, 0.25) is 5.75 Å². The molecule has 21 heavy (non-hydrogen) atoms. The molecule has 1 aliphatic rings. The summed E-state index contributed by atoms with van der Waals surface area (Å²) in [6.45, 7) is 2.95. The summed E-state index contributed by atoms with van der Waals surface area (Å²) < 4.78 is 26.9. The molecule has 1 aromatic heterocycles. The van der Waals surface area contributed by atoms with Crippen LogP contribution in [0.4, 0.5) is 0 Å². The molecular weight excluding hydrogens is 276 g/mol. The number of aryl methyl sites for hydroxylation is 1. The third-order valence-electron chi connectivity index (χ3n) is 3.34. The largest absolute Gasteiger partial charge is 0.493 e. The summed E-state index contributed by atoms with van der Waals surface area (Å²) in [5.74, 6) is 1.43. The lowest BCUT2D eigenvalue weighted by Crippen LogP contribution is -2.07. The molecule has 0 radical (unpaired) electrons. The van der Waals surface area contributed by atoms with Crippen molar-refractivity contribution in [1.29, 1.82) is 0 Å². The maximum absolute atomic E-state index is 11.5. The standard InChI is InChI=1S/C15H16O6/c1-8-4-12(16)21-10-5-11(17-2)14(15(18-3)13(8)10)20-7-9-6-19-9/h4-5,9H,6-7H2,1-3H3. The first-order valence-corrected chi connectivity index (χ1v) is 6.58. The van der Waals surface area contributed by atoms with Crippen LogP contribution in [0.3, 0.4) is 0 Å². The lowest BCUT2D eigenvalue weighted by atomic mass is 10.1. The Bertz CT molecular complexity index is 729. The van der Waals surface area contributed by atoms with Gasteiger partial charge in [-0.15, -0.1) is 0 Å². The van der Waals surface area contributed by atoms with Gasteiger partial charge in [0.15, 0.2) is 11.5 Å². The van der Waals surface area contributed by atoms with E-state index in [4.69, 9.17) is 23.4 Å². The van der Waals surface area contributed by atoms with Crippen LogP contribution < -0.4 is 19.8 Å². The molecule has 6 nitrogen and oxygen atoms in total. The van der Waals surface area contributed by atoms with E-state index in [1.165, 1.54) is 13.2 Å². The van der Waals surface area contributed by atoms with Crippen molar-refractivity contribution in [3.05, 3.63) is 28.1 Å². The molecule has 0 amide bonds. The smallest absolute Gasteiger partial charge is 0.336 e. The zero-order valence-electron chi connectivity index (χ0n) is 12.1. The highest BCUT2D eigenvalue weighted by Crippen LogP contribution is 2.44. The van der Waals surface area contributed by atoms with Crippen molar-refractivity contribution in [1.82, 2.24) is 0 Å². The average Bonchev–Trinajstić information content (AvgIpc) is 3.27. The van der Waals surface area contributed by atoms with Crippen LogP contribution >= 0.6 is 0 Å². The molecule has 6 heteroatoms. The van der Waals surface area contributed by atoms with Gasteiger partial charge in [-0.1, -0.05) is 0 Å². The fourth-order valence-electron chi connectivity index (χ4n) is 2.26. The summed E-state index contributed by atoms with van der Waals surface area (Å²) in [6.07, 6.45) is 0.116. The molecular formula is C15H16O6. The molecule has 1 fully saturated rings. The van der Waals surface area contributed by atoms with Crippen LogP contribution in [0.1, 0.15) is 5.56 Å². The van der Waals surface area contributed by atoms with Crippen molar-refractivity contribution in [2.45, 2.75) is 13.0 Å². The Labute approximate surface area is 121 Å². The second-order valence-corrected chi connectivity index (χ2v) is 4.83. The van der Waals surface area contributed by atoms with Crippen LogP contribution in [0.2, 0.25) is 0 Å². The molecule has 0 aliphatic carbocycles. The van der Waals surface area contributed by atoms with E-state index in [1.54, 1.807) is 13.2 Å². The molecule has 0 spiro atoms. The summed E-state index contributed by atoms with van der Waals surface area (Å²) in [5.41, 5.74) is 0.751. The molecule has 1 saturated heterocycles. The van der Waals surface area contributed by atoms with Gasteiger partial charge in [-0.3, -0.25) is 0 Å². The van der Waals surface area contributed by atoms with Crippen molar-refractivity contribution < 1.29 is 23.4 Å². The van der Waals surface area contributed by atoms with Gasteiger partial charge >= 0.3 is 5.63 Å². The monoisotopic (exact) mass is 292 g/mol. The minimum atomic E-state index is -0.413. The lowest BCUT2D eigenvalue weighted by molar-refractivity contribution is 0.241. The number of rotatable bonds is 5. The van der Waals surface area contributed by atoms with Crippen LogP contribution in [0, 0.1) is 6.92 Å². The Morgan fingerprint density at radius 3 is 2.62 bits per heavy atom. The number of hydrogen-bond donors (Lipinski definition) is 0. The predicted molar refractivity (Wildman–Crippen MR) is 75.6 cm³/mol. The van der Waals surface area contributed by atoms with Crippen LogP contribution in [0.5, 0.6) is 17.2 Å². The maximum atomic E-state index is 11.5. The quantitative estimate of drug-likeness (QED) is 0.619. The normalized spacial score (nSPS) is 16.8. The molecule has 0 N–H and O–H groups in total. The third kappa shape index (κ3) is 2.54. The Balaban J connectivity index is 2.20. The summed E-state index contributed by atoms with van der Waals surface area (Å²) in [7, 11) is 3.06. The second-order valence-electron chi connectivity index (χ2n) is 4.83. The topological polar surface area (TPSA) is 70.4 Å². The SMILES string of the molecule is COc1cc2oc(=O)cc(C)c2c(OC)c1OCC1CO1. The summed E-state index contributed by atoms with van der Waals surface area (Å²) >= 11 is 0. The molecule has 0 bridgehead atoms. The van der Waals surface area contributed by atoms with Gasteiger partial charge in [-0.05, 0) is 12.5 Å². The van der Waals surface area contributed by atoms with Crippen LogP contribution in [-0.2, 0) is 4.74 Å². The van der Waals surface area contributed by atoms with Gasteiger partial charge in [-0.2, -0.15) is 0 Å². The van der Waals surface area contributed by atoms with Gasteiger partial charge in [0, 0.05) is 12.1 Å². The summed E-state index contributed by atoms with van der Waals surface area (Å²) in [4.78, 5) is 11.5. The average molecular weight is 292 g/mol. The van der Waals surface area contributed by atoms with Crippen molar-refractivity contribution >= 4 is 11.0 Å². The fourth-order valence-corrected chi connectivity index (χ4v) is 2.26. The number of ether oxygens (including phenoxy) is 4. The number of hydrogen-bond acceptors (Lipinski definition) is 6. The minimum absolute atomic E-state index is 0.116. The maximum Gasteiger partial charge on any atom is 0.336 e. The van der Waals surface area contributed by atoms with Gasteiger partial charge in [0.05, 0.1) is 26.2 Å². The number of benzene rings is 1. The second kappa shape index (κ2) is 5.29. The van der Waals surface area contributed by atoms with Gasteiger partial charge < -0.3 is 23.4 Å². The van der Waals surface area contributed by atoms with Crippen molar-refractivity contribution in [2.24, 2.45) is 0 Å². The Morgan fingerprint density at radius 1 is 1.24 bits per heavy atom. The highest BCUT2D eigenvalue weighted by molar-refractivity contribution is 5.91.